The molecule has 0 amide bonds. The van der Waals surface area contributed by atoms with Gasteiger partial charge in [-0.3, -0.25) is 19.5 Å². The third-order valence-corrected chi connectivity index (χ3v) is 3.24. The highest BCUT2D eigenvalue weighted by Gasteiger charge is 2.33. The number of aliphatic carboxylic acids is 1. The number of ketones is 1. The molecule has 1 saturated heterocycles. The molecule has 1 aromatic rings. The molecule has 2 N–H and O–H groups in total. The minimum Gasteiger partial charge on any atom is -0.480 e. The summed E-state index contributed by atoms with van der Waals surface area (Å²) in [6.07, 6.45) is 2.13. The van der Waals surface area contributed by atoms with Crippen molar-refractivity contribution in [2.24, 2.45) is 0 Å². The molecule has 7 nitrogen and oxygen atoms in total. The SMILES string of the molecule is O=C1CC(C(=O)O)NC(c2cn3c(n2)OCC3)C1. The second kappa shape index (κ2) is 4.09. The van der Waals surface area contributed by atoms with Gasteiger partial charge in [-0.2, -0.15) is 4.98 Å². The van der Waals surface area contributed by atoms with Crippen LogP contribution in [-0.2, 0) is 16.1 Å². The largest absolute Gasteiger partial charge is 0.480 e. The molecule has 0 aromatic carbocycles. The van der Waals surface area contributed by atoms with E-state index in [-0.39, 0.29) is 24.7 Å². The van der Waals surface area contributed by atoms with Crippen molar-refractivity contribution in [3.63, 3.8) is 0 Å². The predicted octanol–water partition coefficient (Wildman–Crippen LogP) is -0.278. The van der Waals surface area contributed by atoms with Crippen LogP contribution in [0.5, 0.6) is 6.01 Å². The van der Waals surface area contributed by atoms with Gasteiger partial charge in [-0.1, -0.05) is 0 Å². The van der Waals surface area contributed by atoms with Crippen LogP contribution >= 0.6 is 0 Å². The van der Waals surface area contributed by atoms with Gasteiger partial charge in [-0.25, -0.2) is 0 Å². The smallest absolute Gasteiger partial charge is 0.321 e. The highest BCUT2D eigenvalue weighted by molar-refractivity contribution is 5.87. The van der Waals surface area contributed by atoms with Crippen molar-refractivity contribution in [1.29, 1.82) is 0 Å². The maximum absolute atomic E-state index is 11.6. The first kappa shape index (κ1) is 11.2. The second-order valence-corrected chi connectivity index (χ2v) is 4.55. The molecule has 3 rings (SSSR count). The first-order valence-electron chi connectivity index (χ1n) is 5.84. The first-order chi connectivity index (χ1) is 8.63. The van der Waals surface area contributed by atoms with E-state index in [0.29, 0.717) is 18.3 Å². The third-order valence-electron chi connectivity index (χ3n) is 3.24. The number of Topliss-reactive ketones (excluding diaryl/α,β-unsaturated/α-hetero) is 1. The number of aromatic nitrogens is 2. The molecule has 0 bridgehead atoms. The molecular weight excluding hydrogens is 238 g/mol. The number of nitrogens with zero attached hydrogens (tertiary/aromatic N) is 2. The van der Waals surface area contributed by atoms with Gasteiger partial charge >= 0.3 is 5.97 Å². The van der Waals surface area contributed by atoms with Crippen molar-refractivity contribution in [1.82, 2.24) is 14.9 Å². The molecule has 2 atom stereocenters. The number of carboxylic acid groups (broad SMARTS) is 1. The summed E-state index contributed by atoms with van der Waals surface area (Å²) in [5, 5.41) is 11.9. The van der Waals surface area contributed by atoms with Crippen LogP contribution in [0.25, 0.3) is 0 Å². The normalized spacial score (nSPS) is 26.8. The molecule has 18 heavy (non-hydrogen) atoms. The second-order valence-electron chi connectivity index (χ2n) is 4.55. The van der Waals surface area contributed by atoms with E-state index in [2.05, 4.69) is 10.3 Å². The molecule has 0 radical (unpaired) electrons. The van der Waals surface area contributed by atoms with Gasteiger partial charge in [-0.05, 0) is 0 Å². The third kappa shape index (κ3) is 1.86. The van der Waals surface area contributed by atoms with Crippen LogP contribution in [0.4, 0.5) is 0 Å². The number of hydrogen-bond acceptors (Lipinski definition) is 5. The Morgan fingerprint density at radius 2 is 2.39 bits per heavy atom. The summed E-state index contributed by atoms with van der Waals surface area (Å²) >= 11 is 0. The lowest BCUT2D eigenvalue weighted by molar-refractivity contribution is -0.143. The minimum absolute atomic E-state index is 0.0376. The lowest BCUT2D eigenvalue weighted by atomic mass is 9.96. The fraction of sp³-hybridized carbons (Fsp3) is 0.545. The van der Waals surface area contributed by atoms with Crippen LogP contribution < -0.4 is 10.1 Å². The molecule has 0 aliphatic carbocycles. The molecule has 0 saturated carbocycles. The van der Waals surface area contributed by atoms with Crippen molar-refractivity contribution in [3.05, 3.63) is 11.9 Å². The number of carbonyl (C=O) groups excluding carboxylic acids is 1. The lowest BCUT2D eigenvalue weighted by Crippen LogP contribution is -2.45. The number of carboxylic acids is 1. The Hall–Kier alpha value is -1.89. The number of piperidine rings is 1. The molecule has 2 unspecified atom stereocenters. The Bertz CT molecular complexity index is 489. The average Bonchev–Trinajstić information content (AvgIpc) is 2.87. The van der Waals surface area contributed by atoms with Gasteiger partial charge < -0.3 is 9.84 Å². The Labute approximate surface area is 103 Å². The van der Waals surface area contributed by atoms with Gasteiger partial charge in [0.1, 0.15) is 18.4 Å². The molecule has 0 spiro atoms. The van der Waals surface area contributed by atoms with Crippen LogP contribution in [0.1, 0.15) is 24.6 Å². The summed E-state index contributed by atoms with van der Waals surface area (Å²) in [5.74, 6) is -1.06. The molecule has 2 aliphatic rings. The van der Waals surface area contributed by atoms with E-state index in [4.69, 9.17) is 9.84 Å². The van der Waals surface area contributed by atoms with E-state index >= 15 is 0 Å². The van der Waals surface area contributed by atoms with E-state index < -0.39 is 12.0 Å². The van der Waals surface area contributed by atoms with E-state index in [9.17, 15) is 9.59 Å². The number of carbonyl (C=O) groups is 2. The number of nitrogens with one attached hydrogen (secondary N) is 1. The van der Waals surface area contributed by atoms with Gasteiger partial charge in [0.25, 0.3) is 6.01 Å². The topological polar surface area (TPSA) is 93.5 Å². The number of fused-ring (bicyclic) bond motifs is 1. The Kier molecular flexibility index (Phi) is 2.55. The van der Waals surface area contributed by atoms with Crippen molar-refractivity contribution >= 4 is 11.8 Å². The van der Waals surface area contributed by atoms with E-state index in [1.807, 2.05) is 10.8 Å². The van der Waals surface area contributed by atoms with Crippen LogP contribution in [0, 0.1) is 0 Å². The van der Waals surface area contributed by atoms with Crippen LogP contribution in [-0.4, -0.2) is 39.1 Å². The number of rotatable bonds is 2. The van der Waals surface area contributed by atoms with Gasteiger partial charge in [0.2, 0.25) is 0 Å². The zero-order chi connectivity index (χ0) is 12.7. The number of hydrogen-bond donors (Lipinski definition) is 2. The highest BCUT2D eigenvalue weighted by atomic mass is 16.5. The summed E-state index contributed by atoms with van der Waals surface area (Å²) < 4.78 is 7.16. The fourth-order valence-electron chi connectivity index (χ4n) is 2.34. The monoisotopic (exact) mass is 251 g/mol. The summed E-state index contributed by atoms with van der Waals surface area (Å²) in [6.45, 7) is 1.35. The van der Waals surface area contributed by atoms with Crippen molar-refractivity contribution in [2.45, 2.75) is 31.5 Å². The van der Waals surface area contributed by atoms with Crippen molar-refractivity contribution in [2.75, 3.05) is 6.61 Å². The van der Waals surface area contributed by atoms with E-state index in [1.165, 1.54) is 0 Å². The minimum atomic E-state index is -1.00. The molecule has 96 valence electrons. The molecular formula is C11H13N3O4. The average molecular weight is 251 g/mol. The van der Waals surface area contributed by atoms with Crippen molar-refractivity contribution < 1.29 is 19.4 Å². The molecule has 2 aliphatic heterocycles. The van der Waals surface area contributed by atoms with Gasteiger partial charge in [0, 0.05) is 19.0 Å². The summed E-state index contributed by atoms with van der Waals surface area (Å²) in [5.41, 5.74) is 0.670. The van der Waals surface area contributed by atoms with Crippen LogP contribution in [0.2, 0.25) is 0 Å². The van der Waals surface area contributed by atoms with Gasteiger partial charge in [0.15, 0.2) is 0 Å². The maximum Gasteiger partial charge on any atom is 0.321 e. The summed E-state index contributed by atoms with van der Waals surface area (Å²) in [4.78, 5) is 26.8. The van der Waals surface area contributed by atoms with Crippen molar-refractivity contribution in [3.8, 4) is 6.01 Å². The Morgan fingerprint density at radius 1 is 1.56 bits per heavy atom. The predicted molar refractivity (Wildman–Crippen MR) is 59.3 cm³/mol. The number of imidazole rings is 1. The Morgan fingerprint density at radius 3 is 3.11 bits per heavy atom. The molecule has 3 heterocycles. The zero-order valence-corrected chi connectivity index (χ0v) is 9.63. The standard InChI is InChI=1S/C11H13N3O4/c15-6-3-7(12-8(4-6)10(16)17)9-5-14-1-2-18-11(14)13-9/h5,7-8,12H,1-4H2,(H,16,17). The van der Waals surface area contributed by atoms with Crippen LogP contribution in [0.3, 0.4) is 0 Å². The fourth-order valence-corrected chi connectivity index (χ4v) is 2.34. The highest BCUT2D eigenvalue weighted by Crippen LogP contribution is 2.26. The first-order valence-corrected chi connectivity index (χ1v) is 5.84. The molecule has 7 heteroatoms. The van der Waals surface area contributed by atoms with Crippen LogP contribution in [0.15, 0.2) is 6.20 Å². The quantitative estimate of drug-likeness (QED) is 0.751. The number of ether oxygens (including phenoxy) is 1. The Balaban J connectivity index is 1.82. The lowest BCUT2D eigenvalue weighted by Gasteiger charge is -2.26. The summed E-state index contributed by atoms with van der Waals surface area (Å²) in [7, 11) is 0. The molecule has 1 aromatic heterocycles. The van der Waals surface area contributed by atoms with Gasteiger partial charge in [-0.15, -0.1) is 0 Å². The van der Waals surface area contributed by atoms with Gasteiger partial charge in [0.05, 0.1) is 18.3 Å². The van der Waals surface area contributed by atoms with E-state index in [1.54, 1.807) is 0 Å². The zero-order valence-electron chi connectivity index (χ0n) is 9.63. The van der Waals surface area contributed by atoms with E-state index in [0.717, 1.165) is 6.54 Å². The summed E-state index contributed by atoms with van der Waals surface area (Å²) in [6, 6.07) is -0.626. The maximum atomic E-state index is 11.6. The molecule has 1 fully saturated rings.